The molecule has 7 heteroatoms. The van der Waals surface area contributed by atoms with E-state index >= 15 is 0 Å². The SMILES string of the molecule is CCOC(=O)[C@@H]1C[C@H](Sc2ccc(Cl)cc2C)C[C@H]1C(=O)N(C)C#N. The Hall–Kier alpha value is -1.71. The standard InChI is InChI=1S/C18H21ClN2O3S/c1-4-24-18(23)15-9-13(8-14(15)17(22)21(3)10-20)25-16-6-5-12(19)7-11(16)2/h5-7,13-15H,4,8-9H2,1-3H3/t13-,14-,15-/m1/s1. The van der Waals surface area contributed by atoms with Gasteiger partial charge < -0.3 is 4.74 Å². The topological polar surface area (TPSA) is 70.4 Å². The first kappa shape index (κ1) is 19.6. The molecule has 1 aliphatic carbocycles. The smallest absolute Gasteiger partial charge is 0.309 e. The van der Waals surface area contributed by atoms with Crippen molar-refractivity contribution in [1.82, 2.24) is 4.90 Å². The predicted molar refractivity (Wildman–Crippen MR) is 97.1 cm³/mol. The van der Waals surface area contributed by atoms with Gasteiger partial charge in [-0.05, 0) is 50.5 Å². The van der Waals surface area contributed by atoms with Gasteiger partial charge in [0.05, 0.1) is 18.4 Å². The molecule has 0 aliphatic heterocycles. The molecule has 0 aromatic heterocycles. The molecule has 1 aromatic rings. The van der Waals surface area contributed by atoms with Crippen LogP contribution in [0.3, 0.4) is 0 Å². The van der Waals surface area contributed by atoms with Crippen molar-refractivity contribution < 1.29 is 14.3 Å². The maximum Gasteiger partial charge on any atom is 0.309 e. The highest BCUT2D eigenvalue weighted by Gasteiger charge is 2.45. The summed E-state index contributed by atoms with van der Waals surface area (Å²) in [6, 6.07) is 5.69. The van der Waals surface area contributed by atoms with Crippen molar-refractivity contribution >= 4 is 35.2 Å². The zero-order valence-electron chi connectivity index (χ0n) is 14.5. The number of carbonyl (C=O) groups excluding carboxylic acids is 2. The van der Waals surface area contributed by atoms with Gasteiger partial charge in [0.15, 0.2) is 6.19 Å². The number of rotatable bonds is 5. The second kappa shape index (κ2) is 8.59. The van der Waals surface area contributed by atoms with Crippen LogP contribution in [0.2, 0.25) is 5.02 Å². The summed E-state index contributed by atoms with van der Waals surface area (Å²) in [6.45, 7) is 4.00. The van der Waals surface area contributed by atoms with Gasteiger partial charge in [0.2, 0.25) is 5.91 Å². The zero-order valence-corrected chi connectivity index (χ0v) is 16.1. The Balaban J connectivity index is 2.18. The van der Waals surface area contributed by atoms with Crippen molar-refractivity contribution in [3.63, 3.8) is 0 Å². The number of thioether (sulfide) groups is 1. The highest BCUT2D eigenvalue weighted by Crippen LogP contribution is 2.43. The average Bonchev–Trinajstić information content (AvgIpc) is 3.00. The molecule has 1 saturated carbocycles. The fraction of sp³-hybridized carbons (Fsp3) is 0.500. The number of halogens is 1. The van der Waals surface area contributed by atoms with Crippen LogP contribution >= 0.6 is 23.4 Å². The van der Waals surface area contributed by atoms with Crippen LogP contribution in [-0.2, 0) is 14.3 Å². The number of carbonyl (C=O) groups is 2. The van der Waals surface area contributed by atoms with Crippen molar-refractivity contribution in [1.29, 1.82) is 5.26 Å². The summed E-state index contributed by atoms with van der Waals surface area (Å²) in [4.78, 5) is 26.8. The highest BCUT2D eigenvalue weighted by molar-refractivity contribution is 8.00. The number of nitrogens with zero attached hydrogens (tertiary/aromatic N) is 2. The fourth-order valence-corrected chi connectivity index (χ4v) is 4.68. The molecule has 0 saturated heterocycles. The molecule has 1 fully saturated rings. The van der Waals surface area contributed by atoms with Crippen LogP contribution < -0.4 is 0 Å². The van der Waals surface area contributed by atoms with E-state index < -0.39 is 11.8 Å². The maximum atomic E-state index is 12.5. The van der Waals surface area contributed by atoms with Crippen LogP contribution in [0.5, 0.6) is 0 Å². The molecule has 1 aliphatic rings. The van der Waals surface area contributed by atoms with Crippen LogP contribution in [0.25, 0.3) is 0 Å². The van der Waals surface area contributed by atoms with Gasteiger partial charge in [0, 0.05) is 22.2 Å². The Morgan fingerprint density at radius 1 is 1.40 bits per heavy atom. The van der Waals surface area contributed by atoms with Crippen LogP contribution in [0.1, 0.15) is 25.3 Å². The summed E-state index contributed by atoms with van der Waals surface area (Å²) in [5.41, 5.74) is 1.06. The molecule has 1 amide bonds. The first-order chi connectivity index (χ1) is 11.9. The van der Waals surface area contributed by atoms with Crippen molar-refractivity contribution in [3.8, 4) is 6.19 Å². The van der Waals surface area contributed by atoms with Gasteiger partial charge in [0.25, 0.3) is 0 Å². The van der Waals surface area contributed by atoms with E-state index in [-0.39, 0.29) is 23.7 Å². The summed E-state index contributed by atoms with van der Waals surface area (Å²) >= 11 is 7.64. The fourth-order valence-electron chi connectivity index (χ4n) is 3.09. The Morgan fingerprint density at radius 3 is 2.68 bits per heavy atom. The lowest BCUT2D eigenvalue weighted by atomic mass is 9.95. The second-order valence-electron chi connectivity index (χ2n) is 6.08. The van der Waals surface area contributed by atoms with E-state index in [0.717, 1.165) is 15.4 Å². The number of nitriles is 1. The first-order valence-corrected chi connectivity index (χ1v) is 9.39. The monoisotopic (exact) mass is 380 g/mol. The normalized spacial score (nSPS) is 22.3. The quantitative estimate of drug-likeness (QED) is 0.443. The molecule has 3 atom stereocenters. The van der Waals surface area contributed by atoms with E-state index in [1.165, 1.54) is 7.05 Å². The molecule has 0 spiro atoms. The summed E-state index contributed by atoms with van der Waals surface area (Å²) < 4.78 is 5.14. The van der Waals surface area contributed by atoms with E-state index in [2.05, 4.69) is 0 Å². The van der Waals surface area contributed by atoms with E-state index in [9.17, 15) is 9.59 Å². The molecule has 134 valence electrons. The molecule has 5 nitrogen and oxygen atoms in total. The van der Waals surface area contributed by atoms with Crippen LogP contribution in [0, 0.1) is 30.2 Å². The predicted octanol–water partition coefficient (Wildman–Crippen LogP) is 3.64. The Kier molecular flexibility index (Phi) is 6.74. The third kappa shape index (κ3) is 4.68. The first-order valence-electron chi connectivity index (χ1n) is 8.14. The van der Waals surface area contributed by atoms with Crippen molar-refractivity contribution in [3.05, 3.63) is 28.8 Å². The van der Waals surface area contributed by atoms with Gasteiger partial charge in [-0.3, -0.25) is 14.5 Å². The summed E-state index contributed by atoms with van der Waals surface area (Å²) in [5.74, 6) is -1.71. The number of amides is 1. The molecule has 0 N–H and O–H groups in total. The summed E-state index contributed by atoms with van der Waals surface area (Å²) in [5, 5.41) is 9.77. The number of hydrogen-bond donors (Lipinski definition) is 0. The van der Waals surface area contributed by atoms with Gasteiger partial charge in [-0.2, -0.15) is 5.26 Å². The largest absolute Gasteiger partial charge is 0.466 e. The molecule has 0 unspecified atom stereocenters. The van der Waals surface area contributed by atoms with Crippen molar-refractivity contribution in [2.45, 2.75) is 36.8 Å². The number of ether oxygens (including phenoxy) is 1. The van der Waals surface area contributed by atoms with E-state index in [1.807, 2.05) is 31.3 Å². The van der Waals surface area contributed by atoms with E-state index in [4.69, 9.17) is 21.6 Å². The van der Waals surface area contributed by atoms with Crippen LogP contribution in [0.4, 0.5) is 0 Å². The summed E-state index contributed by atoms with van der Waals surface area (Å²) in [7, 11) is 1.42. The van der Waals surface area contributed by atoms with Gasteiger partial charge in [0.1, 0.15) is 0 Å². The molecule has 25 heavy (non-hydrogen) atoms. The molecule has 2 rings (SSSR count). The lowest BCUT2D eigenvalue weighted by Gasteiger charge is -2.19. The van der Waals surface area contributed by atoms with E-state index in [1.54, 1.807) is 18.7 Å². The average molecular weight is 381 g/mol. The lowest BCUT2D eigenvalue weighted by molar-refractivity contribution is -0.152. The minimum Gasteiger partial charge on any atom is -0.466 e. The molecule has 0 radical (unpaired) electrons. The van der Waals surface area contributed by atoms with Crippen LogP contribution in [0.15, 0.2) is 23.1 Å². The van der Waals surface area contributed by atoms with Gasteiger partial charge >= 0.3 is 5.97 Å². The van der Waals surface area contributed by atoms with Crippen molar-refractivity contribution in [2.75, 3.05) is 13.7 Å². The molecule has 0 bridgehead atoms. The minimum absolute atomic E-state index is 0.107. The molecular weight excluding hydrogens is 360 g/mol. The van der Waals surface area contributed by atoms with Gasteiger partial charge in [-0.1, -0.05) is 11.6 Å². The Morgan fingerprint density at radius 2 is 2.08 bits per heavy atom. The maximum absolute atomic E-state index is 12.5. The van der Waals surface area contributed by atoms with Crippen LogP contribution in [-0.4, -0.2) is 35.7 Å². The van der Waals surface area contributed by atoms with E-state index in [0.29, 0.717) is 17.9 Å². The molecular formula is C18H21ClN2O3S. The Labute approximate surface area is 157 Å². The number of aryl methyl sites for hydroxylation is 1. The lowest BCUT2D eigenvalue weighted by Crippen LogP contribution is -2.34. The van der Waals surface area contributed by atoms with Gasteiger partial charge in [-0.15, -0.1) is 11.8 Å². The third-order valence-corrected chi connectivity index (χ3v) is 6.00. The molecule has 0 heterocycles. The summed E-state index contributed by atoms with van der Waals surface area (Å²) in [6.07, 6.45) is 2.92. The third-order valence-electron chi connectivity index (χ3n) is 4.34. The number of esters is 1. The minimum atomic E-state index is -0.520. The Bertz CT molecular complexity index is 704. The second-order valence-corrected chi connectivity index (χ2v) is 7.86. The molecule has 1 aromatic carbocycles. The van der Waals surface area contributed by atoms with Crippen molar-refractivity contribution in [2.24, 2.45) is 11.8 Å². The highest BCUT2D eigenvalue weighted by atomic mass is 35.5. The number of hydrogen-bond acceptors (Lipinski definition) is 5. The van der Waals surface area contributed by atoms with Gasteiger partial charge in [-0.25, -0.2) is 0 Å². The zero-order chi connectivity index (χ0) is 18.6. The number of benzene rings is 1.